The molecular formula is C18H20N2O4S2. The van der Waals surface area contributed by atoms with Crippen molar-refractivity contribution in [3.8, 4) is 5.75 Å². The van der Waals surface area contributed by atoms with Crippen LogP contribution in [0.5, 0.6) is 5.75 Å². The molecule has 138 valence electrons. The van der Waals surface area contributed by atoms with Gasteiger partial charge in [0.15, 0.2) is 0 Å². The molecule has 0 saturated heterocycles. The van der Waals surface area contributed by atoms with Gasteiger partial charge in [-0.05, 0) is 49.4 Å². The number of nitrogens with one attached hydrogen (secondary N) is 2. The highest BCUT2D eigenvalue weighted by atomic mass is 32.2. The molecule has 1 aliphatic rings. The predicted octanol–water partition coefficient (Wildman–Crippen LogP) is 3.71. The minimum absolute atomic E-state index is 0.0978. The number of ether oxygens (including phenoxy) is 1. The van der Waals surface area contributed by atoms with Gasteiger partial charge < -0.3 is 10.1 Å². The molecule has 8 heteroatoms. The summed E-state index contributed by atoms with van der Waals surface area (Å²) in [5.41, 5.74) is 0.967. The molecule has 0 aliphatic carbocycles. The fourth-order valence-electron chi connectivity index (χ4n) is 2.60. The Morgan fingerprint density at radius 1 is 1.23 bits per heavy atom. The summed E-state index contributed by atoms with van der Waals surface area (Å²) in [6.07, 6.45) is 0.395. The second kappa shape index (κ2) is 7.59. The second-order valence-electron chi connectivity index (χ2n) is 5.90. The van der Waals surface area contributed by atoms with Gasteiger partial charge in [-0.2, -0.15) is 0 Å². The highest BCUT2D eigenvalue weighted by Crippen LogP contribution is 2.36. The van der Waals surface area contributed by atoms with E-state index >= 15 is 0 Å². The lowest BCUT2D eigenvalue weighted by Crippen LogP contribution is -2.15. The zero-order valence-corrected chi connectivity index (χ0v) is 16.1. The largest absolute Gasteiger partial charge is 0.494 e. The van der Waals surface area contributed by atoms with Gasteiger partial charge in [0.1, 0.15) is 5.75 Å². The number of sulfonamides is 1. The number of carbonyl (C=O) groups is 1. The van der Waals surface area contributed by atoms with Crippen molar-refractivity contribution in [3.63, 3.8) is 0 Å². The molecule has 1 heterocycles. The van der Waals surface area contributed by atoms with E-state index in [0.29, 0.717) is 30.2 Å². The van der Waals surface area contributed by atoms with Crippen LogP contribution < -0.4 is 14.8 Å². The zero-order chi connectivity index (χ0) is 18.7. The molecule has 2 aromatic carbocycles. The Hall–Kier alpha value is -2.19. The maximum Gasteiger partial charge on any atom is 0.261 e. The molecule has 0 fully saturated rings. The van der Waals surface area contributed by atoms with Gasteiger partial charge in [0, 0.05) is 22.3 Å². The molecule has 2 aromatic rings. The smallest absolute Gasteiger partial charge is 0.261 e. The molecule has 1 unspecified atom stereocenters. The van der Waals surface area contributed by atoms with E-state index in [-0.39, 0.29) is 16.1 Å². The van der Waals surface area contributed by atoms with Crippen molar-refractivity contribution in [3.05, 3.63) is 42.5 Å². The van der Waals surface area contributed by atoms with Gasteiger partial charge in [-0.25, -0.2) is 8.42 Å². The summed E-state index contributed by atoms with van der Waals surface area (Å²) in [6, 6.07) is 11.5. The molecule has 2 N–H and O–H groups in total. The van der Waals surface area contributed by atoms with E-state index in [4.69, 9.17) is 4.74 Å². The van der Waals surface area contributed by atoms with Gasteiger partial charge in [0.2, 0.25) is 5.91 Å². The third-order valence-electron chi connectivity index (χ3n) is 3.75. The molecule has 0 bridgehead atoms. The number of thioether (sulfide) groups is 1. The summed E-state index contributed by atoms with van der Waals surface area (Å²) in [6.45, 7) is 4.40. The van der Waals surface area contributed by atoms with Crippen LogP contribution in [0.25, 0.3) is 0 Å². The van der Waals surface area contributed by atoms with Crippen LogP contribution in [0, 0.1) is 0 Å². The van der Waals surface area contributed by atoms with E-state index in [1.807, 2.05) is 13.8 Å². The summed E-state index contributed by atoms with van der Waals surface area (Å²) in [5.74, 6) is 0.562. The predicted molar refractivity (Wildman–Crippen MR) is 103 cm³/mol. The Morgan fingerprint density at radius 3 is 2.65 bits per heavy atom. The van der Waals surface area contributed by atoms with Crippen LogP contribution in [-0.2, 0) is 14.8 Å². The van der Waals surface area contributed by atoms with E-state index in [9.17, 15) is 13.2 Å². The number of amides is 1. The Morgan fingerprint density at radius 2 is 1.96 bits per heavy atom. The standard InChI is InChI=1S/C18H20N2O4S2/c1-3-24-14-6-4-13(5-7-14)20-26(22,23)15-8-9-17-16(11-15)19-18(21)10-12(2)25-17/h4-9,11-12,20H,3,10H2,1-2H3,(H,19,21). The van der Waals surface area contributed by atoms with Gasteiger partial charge >= 0.3 is 0 Å². The monoisotopic (exact) mass is 392 g/mol. The molecule has 0 radical (unpaired) electrons. The van der Waals surface area contributed by atoms with E-state index in [2.05, 4.69) is 10.0 Å². The fourth-order valence-corrected chi connectivity index (χ4v) is 4.73. The van der Waals surface area contributed by atoms with Crippen molar-refractivity contribution in [2.24, 2.45) is 0 Å². The van der Waals surface area contributed by atoms with E-state index in [1.54, 1.807) is 48.2 Å². The van der Waals surface area contributed by atoms with Gasteiger partial charge in [-0.15, -0.1) is 11.8 Å². The number of hydrogen-bond donors (Lipinski definition) is 2. The Bertz CT molecular complexity index is 911. The van der Waals surface area contributed by atoms with Crippen molar-refractivity contribution in [2.45, 2.75) is 35.3 Å². The van der Waals surface area contributed by atoms with Crippen LogP contribution >= 0.6 is 11.8 Å². The molecule has 0 saturated carbocycles. The maximum absolute atomic E-state index is 12.7. The lowest BCUT2D eigenvalue weighted by molar-refractivity contribution is -0.116. The molecule has 6 nitrogen and oxygen atoms in total. The number of fused-ring (bicyclic) bond motifs is 1. The highest BCUT2D eigenvalue weighted by molar-refractivity contribution is 8.00. The van der Waals surface area contributed by atoms with Crippen LogP contribution in [0.15, 0.2) is 52.3 Å². The van der Waals surface area contributed by atoms with Crippen LogP contribution in [-0.4, -0.2) is 26.2 Å². The zero-order valence-electron chi connectivity index (χ0n) is 14.5. The first-order valence-corrected chi connectivity index (χ1v) is 10.6. The maximum atomic E-state index is 12.7. The first kappa shape index (κ1) is 18.6. The van der Waals surface area contributed by atoms with Gasteiger partial charge in [0.25, 0.3) is 10.0 Å². The summed E-state index contributed by atoms with van der Waals surface area (Å²) >= 11 is 1.55. The molecule has 3 rings (SSSR count). The first-order valence-electron chi connectivity index (χ1n) is 8.23. The number of anilines is 2. The van der Waals surface area contributed by atoms with Gasteiger partial charge in [-0.1, -0.05) is 6.92 Å². The summed E-state index contributed by atoms with van der Waals surface area (Å²) in [7, 11) is -3.77. The Kier molecular flexibility index (Phi) is 5.43. The second-order valence-corrected chi connectivity index (χ2v) is 9.06. The van der Waals surface area contributed by atoms with E-state index < -0.39 is 10.0 Å². The Labute approximate surface area is 157 Å². The van der Waals surface area contributed by atoms with Crippen LogP contribution in [0.2, 0.25) is 0 Å². The van der Waals surface area contributed by atoms with Crippen molar-refractivity contribution < 1.29 is 17.9 Å². The van der Waals surface area contributed by atoms with E-state index in [1.165, 1.54) is 6.07 Å². The van der Waals surface area contributed by atoms with Crippen LogP contribution in [0.1, 0.15) is 20.3 Å². The van der Waals surface area contributed by atoms with Crippen molar-refractivity contribution in [2.75, 3.05) is 16.6 Å². The molecule has 26 heavy (non-hydrogen) atoms. The number of benzene rings is 2. The summed E-state index contributed by atoms with van der Waals surface area (Å²) in [4.78, 5) is 12.9. The molecule has 1 amide bonds. The third kappa shape index (κ3) is 4.31. The quantitative estimate of drug-likeness (QED) is 0.810. The molecule has 1 atom stereocenters. The third-order valence-corrected chi connectivity index (χ3v) is 6.31. The number of carbonyl (C=O) groups excluding carboxylic acids is 1. The highest BCUT2D eigenvalue weighted by Gasteiger charge is 2.22. The van der Waals surface area contributed by atoms with E-state index in [0.717, 1.165) is 4.90 Å². The number of rotatable bonds is 5. The van der Waals surface area contributed by atoms with Gasteiger partial charge in [-0.3, -0.25) is 9.52 Å². The first-order chi connectivity index (χ1) is 12.4. The Balaban J connectivity index is 1.84. The number of hydrogen-bond acceptors (Lipinski definition) is 5. The molecule has 1 aliphatic heterocycles. The minimum atomic E-state index is -3.77. The van der Waals surface area contributed by atoms with Crippen molar-refractivity contribution in [1.29, 1.82) is 0 Å². The minimum Gasteiger partial charge on any atom is -0.494 e. The molecule has 0 spiro atoms. The average molecular weight is 393 g/mol. The summed E-state index contributed by atoms with van der Waals surface area (Å²) in [5, 5.41) is 2.92. The van der Waals surface area contributed by atoms with Crippen molar-refractivity contribution in [1.82, 2.24) is 0 Å². The summed E-state index contributed by atoms with van der Waals surface area (Å²) < 4.78 is 33.2. The molecular weight excluding hydrogens is 372 g/mol. The fraction of sp³-hybridized carbons (Fsp3) is 0.278. The normalized spacial score (nSPS) is 17.0. The van der Waals surface area contributed by atoms with Crippen LogP contribution in [0.3, 0.4) is 0 Å². The van der Waals surface area contributed by atoms with Crippen molar-refractivity contribution >= 4 is 39.1 Å². The average Bonchev–Trinajstić information content (AvgIpc) is 2.72. The van der Waals surface area contributed by atoms with Gasteiger partial charge in [0.05, 0.1) is 17.2 Å². The molecule has 0 aromatic heterocycles. The topological polar surface area (TPSA) is 84.5 Å². The lowest BCUT2D eigenvalue weighted by Gasteiger charge is -2.12. The van der Waals surface area contributed by atoms with Crippen LogP contribution in [0.4, 0.5) is 11.4 Å². The lowest BCUT2D eigenvalue weighted by atomic mass is 10.3. The SMILES string of the molecule is CCOc1ccc(NS(=O)(=O)c2ccc3c(c2)NC(=O)CC(C)S3)cc1.